The molecule has 2 aromatic carbocycles. The number of hydrogen-bond acceptors (Lipinski definition) is 7. The van der Waals surface area contributed by atoms with Crippen LogP contribution in [-0.4, -0.2) is 20.1 Å². The molecule has 1 heterocycles. The maximum Gasteiger partial charge on any atom is 0.232 e. The molecule has 0 aliphatic rings. The molecule has 0 amide bonds. The summed E-state index contributed by atoms with van der Waals surface area (Å²) in [4.78, 5) is 12.7. The van der Waals surface area contributed by atoms with Crippen molar-refractivity contribution in [3.63, 3.8) is 0 Å². The maximum atomic E-state index is 9.59. The Morgan fingerprint density at radius 3 is 2.46 bits per heavy atom. The molecular weight excluding hydrogens is 304 g/mol. The third-order valence-electron chi connectivity index (χ3n) is 3.55. The molecule has 0 aliphatic heterocycles. The molecule has 0 fully saturated rings. The predicted molar refractivity (Wildman–Crippen MR) is 93.7 cm³/mol. The quantitative estimate of drug-likeness (QED) is 0.544. The first-order valence-corrected chi connectivity index (χ1v) is 7.43. The van der Waals surface area contributed by atoms with Crippen LogP contribution in [0.3, 0.4) is 0 Å². The van der Waals surface area contributed by atoms with Crippen molar-refractivity contribution in [2.75, 3.05) is 11.1 Å². The Morgan fingerprint density at radius 2 is 1.79 bits per heavy atom. The van der Waals surface area contributed by atoms with Crippen molar-refractivity contribution in [3.05, 3.63) is 53.6 Å². The highest BCUT2D eigenvalue weighted by molar-refractivity contribution is 5.62. The van der Waals surface area contributed by atoms with Crippen LogP contribution in [-0.2, 0) is 6.54 Å². The SMILES string of the molecule is Cc1cc(Nc2nc(N)nc(-c3ccc(CN)cc3)n2)ccc1O. The van der Waals surface area contributed by atoms with Crippen LogP contribution in [0.5, 0.6) is 5.75 Å². The summed E-state index contributed by atoms with van der Waals surface area (Å²) in [6.07, 6.45) is 0. The van der Waals surface area contributed by atoms with Gasteiger partial charge >= 0.3 is 0 Å². The van der Waals surface area contributed by atoms with Crippen molar-refractivity contribution in [3.8, 4) is 17.1 Å². The number of aryl methyl sites for hydroxylation is 1. The van der Waals surface area contributed by atoms with Gasteiger partial charge in [-0.2, -0.15) is 15.0 Å². The molecule has 0 aliphatic carbocycles. The molecule has 0 bridgehead atoms. The van der Waals surface area contributed by atoms with Crippen LogP contribution < -0.4 is 16.8 Å². The average molecular weight is 322 g/mol. The number of nitrogens with two attached hydrogens (primary N) is 2. The van der Waals surface area contributed by atoms with E-state index in [-0.39, 0.29) is 11.7 Å². The van der Waals surface area contributed by atoms with Gasteiger partial charge in [0, 0.05) is 17.8 Å². The Morgan fingerprint density at radius 1 is 1.04 bits per heavy atom. The van der Waals surface area contributed by atoms with E-state index in [1.54, 1.807) is 18.2 Å². The minimum atomic E-state index is 0.126. The number of nitrogens with zero attached hydrogens (tertiary/aromatic N) is 3. The zero-order valence-electron chi connectivity index (χ0n) is 13.2. The Kier molecular flexibility index (Phi) is 4.26. The standard InChI is InChI=1S/C17H18N6O/c1-10-8-13(6-7-14(10)24)20-17-22-15(21-16(19)23-17)12-4-2-11(9-18)3-5-12/h2-8,24H,9,18H2,1H3,(H3,19,20,21,22,23). The van der Waals surface area contributed by atoms with Crippen molar-refractivity contribution in [1.29, 1.82) is 0 Å². The Labute approximate surface area is 139 Å². The fraction of sp³-hybridized carbons (Fsp3) is 0.118. The van der Waals surface area contributed by atoms with E-state index in [4.69, 9.17) is 11.5 Å². The first kappa shape index (κ1) is 15.7. The first-order chi connectivity index (χ1) is 11.5. The van der Waals surface area contributed by atoms with Gasteiger partial charge in [0.15, 0.2) is 5.82 Å². The monoisotopic (exact) mass is 322 g/mol. The van der Waals surface area contributed by atoms with E-state index in [9.17, 15) is 5.11 Å². The minimum Gasteiger partial charge on any atom is -0.508 e. The second-order valence-electron chi connectivity index (χ2n) is 5.37. The molecule has 7 heteroatoms. The Hall–Kier alpha value is -3.19. The summed E-state index contributed by atoms with van der Waals surface area (Å²) >= 11 is 0. The third-order valence-corrected chi connectivity index (χ3v) is 3.55. The summed E-state index contributed by atoms with van der Waals surface area (Å²) in [5, 5.41) is 12.7. The molecule has 3 aromatic rings. The molecule has 0 saturated carbocycles. The number of benzene rings is 2. The van der Waals surface area contributed by atoms with Crippen LogP contribution in [0.15, 0.2) is 42.5 Å². The second kappa shape index (κ2) is 6.51. The summed E-state index contributed by atoms with van der Waals surface area (Å²) in [6, 6.07) is 12.8. The van der Waals surface area contributed by atoms with Crippen LogP contribution in [0.1, 0.15) is 11.1 Å². The molecule has 7 nitrogen and oxygen atoms in total. The van der Waals surface area contributed by atoms with Gasteiger partial charge in [0.2, 0.25) is 11.9 Å². The summed E-state index contributed by atoms with van der Waals surface area (Å²) in [5.74, 6) is 1.17. The van der Waals surface area contributed by atoms with Crippen molar-refractivity contribution < 1.29 is 5.11 Å². The van der Waals surface area contributed by atoms with Crippen molar-refractivity contribution in [2.24, 2.45) is 5.73 Å². The molecule has 24 heavy (non-hydrogen) atoms. The van der Waals surface area contributed by atoms with Gasteiger partial charge in [-0.1, -0.05) is 24.3 Å². The van der Waals surface area contributed by atoms with Gasteiger partial charge in [-0.25, -0.2) is 0 Å². The summed E-state index contributed by atoms with van der Waals surface area (Å²) in [5.41, 5.74) is 14.8. The molecule has 0 saturated heterocycles. The Bertz CT molecular complexity index is 863. The molecule has 3 rings (SSSR count). The number of aromatic nitrogens is 3. The number of nitrogens with one attached hydrogen (secondary N) is 1. The van der Waals surface area contributed by atoms with Crippen LogP contribution in [0.2, 0.25) is 0 Å². The highest BCUT2D eigenvalue weighted by atomic mass is 16.3. The number of aromatic hydroxyl groups is 1. The van der Waals surface area contributed by atoms with E-state index < -0.39 is 0 Å². The largest absolute Gasteiger partial charge is 0.508 e. The summed E-state index contributed by atoms with van der Waals surface area (Å²) in [7, 11) is 0. The number of nitrogen functional groups attached to an aromatic ring is 1. The molecule has 122 valence electrons. The smallest absolute Gasteiger partial charge is 0.232 e. The second-order valence-corrected chi connectivity index (χ2v) is 5.37. The van der Waals surface area contributed by atoms with Crippen LogP contribution in [0.25, 0.3) is 11.4 Å². The van der Waals surface area contributed by atoms with Crippen LogP contribution in [0.4, 0.5) is 17.6 Å². The van der Waals surface area contributed by atoms with E-state index in [1.807, 2.05) is 31.2 Å². The molecule has 6 N–H and O–H groups in total. The minimum absolute atomic E-state index is 0.126. The van der Waals surface area contributed by atoms with Crippen molar-refractivity contribution in [2.45, 2.75) is 13.5 Å². The van der Waals surface area contributed by atoms with E-state index in [1.165, 1.54) is 0 Å². The highest BCUT2D eigenvalue weighted by Gasteiger charge is 2.08. The third kappa shape index (κ3) is 3.41. The van der Waals surface area contributed by atoms with E-state index in [0.717, 1.165) is 22.4 Å². The van der Waals surface area contributed by atoms with Crippen molar-refractivity contribution in [1.82, 2.24) is 15.0 Å². The molecule has 0 atom stereocenters. The van der Waals surface area contributed by atoms with Crippen molar-refractivity contribution >= 4 is 17.6 Å². The number of rotatable bonds is 4. The average Bonchev–Trinajstić information content (AvgIpc) is 2.58. The van der Waals surface area contributed by atoms with E-state index in [0.29, 0.717) is 18.3 Å². The molecule has 0 spiro atoms. The highest BCUT2D eigenvalue weighted by Crippen LogP contribution is 2.23. The molecular formula is C17H18N6O. The zero-order chi connectivity index (χ0) is 17.1. The van der Waals surface area contributed by atoms with Gasteiger partial charge in [-0.05, 0) is 36.2 Å². The van der Waals surface area contributed by atoms with Crippen LogP contribution in [0, 0.1) is 6.92 Å². The fourth-order valence-corrected chi connectivity index (χ4v) is 2.23. The lowest BCUT2D eigenvalue weighted by atomic mass is 10.1. The lowest BCUT2D eigenvalue weighted by Crippen LogP contribution is -2.05. The first-order valence-electron chi connectivity index (χ1n) is 7.43. The number of phenolic OH excluding ortho intramolecular Hbond substituents is 1. The van der Waals surface area contributed by atoms with Gasteiger partial charge in [0.1, 0.15) is 5.75 Å². The normalized spacial score (nSPS) is 10.6. The zero-order valence-corrected chi connectivity index (χ0v) is 13.2. The lowest BCUT2D eigenvalue weighted by molar-refractivity contribution is 0.471. The summed E-state index contributed by atoms with van der Waals surface area (Å²) in [6.45, 7) is 2.29. The maximum absolute atomic E-state index is 9.59. The van der Waals surface area contributed by atoms with Gasteiger partial charge in [0.25, 0.3) is 0 Å². The topological polar surface area (TPSA) is 123 Å². The number of anilines is 3. The van der Waals surface area contributed by atoms with Gasteiger partial charge in [-0.15, -0.1) is 0 Å². The Balaban J connectivity index is 1.91. The van der Waals surface area contributed by atoms with Gasteiger partial charge < -0.3 is 21.9 Å². The molecule has 0 radical (unpaired) electrons. The summed E-state index contributed by atoms with van der Waals surface area (Å²) < 4.78 is 0. The molecule has 0 unspecified atom stereocenters. The van der Waals surface area contributed by atoms with E-state index in [2.05, 4.69) is 20.3 Å². The van der Waals surface area contributed by atoms with Gasteiger partial charge in [-0.3, -0.25) is 0 Å². The number of phenols is 1. The predicted octanol–water partition coefficient (Wildman–Crippen LogP) is 2.34. The van der Waals surface area contributed by atoms with Gasteiger partial charge in [0.05, 0.1) is 0 Å². The molecule has 1 aromatic heterocycles. The van der Waals surface area contributed by atoms with Crippen LogP contribution >= 0.6 is 0 Å². The fourth-order valence-electron chi connectivity index (χ4n) is 2.23. The number of hydrogen-bond donors (Lipinski definition) is 4. The van der Waals surface area contributed by atoms with E-state index >= 15 is 0 Å². The lowest BCUT2D eigenvalue weighted by Gasteiger charge is -2.09.